The highest BCUT2D eigenvalue weighted by molar-refractivity contribution is 9.10. The predicted molar refractivity (Wildman–Crippen MR) is 85.1 cm³/mol. The second-order valence-corrected chi connectivity index (χ2v) is 6.37. The molecule has 0 spiro atoms. The van der Waals surface area contributed by atoms with Gasteiger partial charge in [-0.2, -0.15) is 0 Å². The monoisotopic (exact) mass is 353 g/mol. The van der Waals surface area contributed by atoms with Crippen LogP contribution in [0.15, 0.2) is 40.2 Å². The van der Waals surface area contributed by atoms with Crippen molar-refractivity contribution in [2.45, 2.75) is 26.5 Å². The molecule has 3 nitrogen and oxygen atoms in total. The van der Waals surface area contributed by atoms with Gasteiger partial charge in [-0.1, -0.05) is 15.9 Å². The fraction of sp³-hybridized carbons (Fsp3) is 0.267. The van der Waals surface area contributed by atoms with Gasteiger partial charge in [-0.25, -0.2) is 0 Å². The molecule has 2 aromatic rings. The Kier molecular flexibility index (Phi) is 5.20. The number of thiophene rings is 1. The minimum Gasteiger partial charge on any atom is -0.481 e. The van der Waals surface area contributed by atoms with Gasteiger partial charge in [0, 0.05) is 9.35 Å². The van der Waals surface area contributed by atoms with Crippen LogP contribution >= 0.6 is 27.3 Å². The Hall–Kier alpha value is -1.33. The molecule has 1 aromatic carbocycles. The first-order chi connectivity index (χ1) is 9.56. The third kappa shape index (κ3) is 4.08. The zero-order valence-electron chi connectivity index (χ0n) is 11.4. The first-order valence-corrected chi connectivity index (χ1v) is 7.96. The highest BCUT2D eigenvalue weighted by Gasteiger charge is 2.14. The van der Waals surface area contributed by atoms with Crippen LogP contribution in [0.25, 0.3) is 0 Å². The Balaban J connectivity index is 1.86. The van der Waals surface area contributed by atoms with E-state index in [2.05, 4.69) is 21.2 Å². The summed E-state index contributed by atoms with van der Waals surface area (Å²) in [6.07, 6.45) is -0.517. The molecule has 0 radical (unpaired) electrons. The SMILES string of the molecule is Cc1ccsc1CNC(=O)C(C)Oc1ccc(Br)cc1. The summed E-state index contributed by atoms with van der Waals surface area (Å²) in [7, 11) is 0. The zero-order chi connectivity index (χ0) is 14.5. The Bertz CT molecular complexity index is 580. The van der Waals surface area contributed by atoms with Crippen molar-refractivity contribution in [3.8, 4) is 5.75 Å². The maximum atomic E-state index is 12.0. The smallest absolute Gasteiger partial charge is 0.261 e. The van der Waals surface area contributed by atoms with Gasteiger partial charge in [-0.05, 0) is 55.1 Å². The first kappa shape index (κ1) is 15.1. The summed E-state index contributed by atoms with van der Waals surface area (Å²) in [6, 6.07) is 9.48. The average Bonchev–Trinajstić information content (AvgIpc) is 2.84. The van der Waals surface area contributed by atoms with E-state index in [1.54, 1.807) is 18.3 Å². The van der Waals surface area contributed by atoms with Crippen LogP contribution in [0.3, 0.4) is 0 Å². The molecular weight excluding hydrogens is 338 g/mol. The molecule has 106 valence electrons. The number of carbonyl (C=O) groups excluding carboxylic acids is 1. The molecule has 0 aliphatic heterocycles. The minimum atomic E-state index is -0.517. The van der Waals surface area contributed by atoms with Crippen LogP contribution < -0.4 is 10.1 Å². The van der Waals surface area contributed by atoms with E-state index in [-0.39, 0.29) is 5.91 Å². The van der Waals surface area contributed by atoms with Crippen LogP contribution in [0.1, 0.15) is 17.4 Å². The van der Waals surface area contributed by atoms with Crippen molar-refractivity contribution < 1.29 is 9.53 Å². The summed E-state index contributed by atoms with van der Waals surface area (Å²) in [5.74, 6) is 0.573. The third-order valence-electron chi connectivity index (χ3n) is 2.89. The molecule has 2 rings (SSSR count). The third-order valence-corrected chi connectivity index (χ3v) is 4.44. The fourth-order valence-electron chi connectivity index (χ4n) is 1.67. The highest BCUT2D eigenvalue weighted by atomic mass is 79.9. The molecular formula is C15H16BrNO2S. The second-order valence-electron chi connectivity index (χ2n) is 4.46. The lowest BCUT2D eigenvalue weighted by atomic mass is 10.3. The highest BCUT2D eigenvalue weighted by Crippen LogP contribution is 2.18. The molecule has 1 N–H and O–H groups in total. The van der Waals surface area contributed by atoms with Gasteiger partial charge in [0.15, 0.2) is 6.10 Å². The molecule has 1 amide bonds. The van der Waals surface area contributed by atoms with Gasteiger partial charge in [0.05, 0.1) is 6.54 Å². The molecule has 5 heteroatoms. The summed E-state index contributed by atoms with van der Waals surface area (Å²) >= 11 is 5.01. The topological polar surface area (TPSA) is 38.3 Å². The van der Waals surface area contributed by atoms with E-state index < -0.39 is 6.10 Å². The molecule has 1 atom stereocenters. The Morgan fingerprint density at radius 3 is 2.65 bits per heavy atom. The number of rotatable bonds is 5. The van der Waals surface area contributed by atoms with Crippen molar-refractivity contribution in [3.63, 3.8) is 0 Å². The number of ether oxygens (including phenoxy) is 1. The Labute approximate surface area is 131 Å². The summed E-state index contributed by atoms with van der Waals surface area (Å²) in [5.41, 5.74) is 1.21. The van der Waals surface area contributed by atoms with E-state index in [1.165, 1.54) is 10.4 Å². The quantitative estimate of drug-likeness (QED) is 0.884. The van der Waals surface area contributed by atoms with E-state index in [9.17, 15) is 4.79 Å². The summed E-state index contributed by atoms with van der Waals surface area (Å²) in [4.78, 5) is 13.2. The fourth-order valence-corrected chi connectivity index (χ4v) is 2.78. The molecule has 0 saturated heterocycles. The number of carbonyl (C=O) groups is 1. The molecule has 0 fully saturated rings. The van der Waals surface area contributed by atoms with E-state index >= 15 is 0 Å². The van der Waals surface area contributed by atoms with Gasteiger partial charge >= 0.3 is 0 Å². The summed E-state index contributed by atoms with van der Waals surface area (Å²) < 4.78 is 6.58. The number of aryl methyl sites for hydroxylation is 1. The normalized spacial score (nSPS) is 11.9. The standard InChI is InChI=1S/C15H16BrNO2S/c1-10-7-8-20-14(10)9-17-15(18)11(2)19-13-5-3-12(16)4-6-13/h3-8,11H,9H2,1-2H3,(H,17,18). The van der Waals surface area contributed by atoms with Crippen molar-refractivity contribution in [1.82, 2.24) is 5.32 Å². The number of benzene rings is 1. The number of amides is 1. The van der Waals surface area contributed by atoms with Gasteiger partial charge in [0.1, 0.15) is 5.75 Å². The summed E-state index contributed by atoms with van der Waals surface area (Å²) in [6.45, 7) is 4.34. The number of hydrogen-bond donors (Lipinski definition) is 1. The van der Waals surface area contributed by atoms with Crippen molar-refractivity contribution >= 4 is 33.2 Å². The van der Waals surface area contributed by atoms with Gasteiger partial charge in [-0.3, -0.25) is 4.79 Å². The molecule has 20 heavy (non-hydrogen) atoms. The maximum absolute atomic E-state index is 12.0. The number of hydrogen-bond acceptors (Lipinski definition) is 3. The zero-order valence-corrected chi connectivity index (χ0v) is 13.8. The lowest BCUT2D eigenvalue weighted by Crippen LogP contribution is -2.35. The van der Waals surface area contributed by atoms with Crippen LogP contribution in [-0.2, 0) is 11.3 Å². The lowest BCUT2D eigenvalue weighted by Gasteiger charge is -2.14. The van der Waals surface area contributed by atoms with Crippen molar-refractivity contribution in [1.29, 1.82) is 0 Å². The molecule has 0 aliphatic carbocycles. The predicted octanol–water partition coefficient (Wildman–Crippen LogP) is 3.90. The molecule has 1 aromatic heterocycles. The largest absolute Gasteiger partial charge is 0.481 e. The van der Waals surface area contributed by atoms with Crippen LogP contribution in [0.5, 0.6) is 5.75 Å². The molecule has 0 saturated carbocycles. The molecule has 1 unspecified atom stereocenters. The van der Waals surface area contributed by atoms with Gasteiger partial charge in [0.2, 0.25) is 0 Å². The summed E-state index contributed by atoms with van der Waals surface area (Å²) in [5, 5.41) is 4.92. The van der Waals surface area contributed by atoms with E-state index in [0.29, 0.717) is 12.3 Å². The molecule has 1 heterocycles. The van der Waals surface area contributed by atoms with E-state index in [1.807, 2.05) is 42.6 Å². The van der Waals surface area contributed by atoms with Crippen molar-refractivity contribution in [2.24, 2.45) is 0 Å². The van der Waals surface area contributed by atoms with Crippen LogP contribution in [-0.4, -0.2) is 12.0 Å². The average molecular weight is 354 g/mol. The maximum Gasteiger partial charge on any atom is 0.261 e. The first-order valence-electron chi connectivity index (χ1n) is 6.29. The van der Waals surface area contributed by atoms with Crippen molar-refractivity contribution in [3.05, 3.63) is 50.6 Å². The van der Waals surface area contributed by atoms with Crippen LogP contribution in [0.4, 0.5) is 0 Å². The van der Waals surface area contributed by atoms with Gasteiger partial charge in [0.25, 0.3) is 5.91 Å². The molecule has 0 bridgehead atoms. The lowest BCUT2D eigenvalue weighted by molar-refractivity contribution is -0.127. The van der Waals surface area contributed by atoms with Crippen LogP contribution in [0, 0.1) is 6.92 Å². The minimum absolute atomic E-state index is 0.110. The number of halogens is 1. The number of nitrogens with one attached hydrogen (secondary N) is 1. The Morgan fingerprint density at radius 2 is 2.05 bits per heavy atom. The molecule has 0 aliphatic rings. The van der Waals surface area contributed by atoms with E-state index in [0.717, 1.165) is 4.47 Å². The van der Waals surface area contributed by atoms with Gasteiger partial charge in [-0.15, -0.1) is 11.3 Å². The van der Waals surface area contributed by atoms with E-state index in [4.69, 9.17) is 4.74 Å². The Morgan fingerprint density at radius 1 is 1.35 bits per heavy atom. The van der Waals surface area contributed by atoms with Crippen LogP contribution in [0.2, 0.25) is 0 Å². The van der Waals surface area contributed by atoms with Gasteiger partial charge < -0.3 is 10.1 Å². The second kappa shape index (κ2) is 6.90. The van der Waals surface area contributed by atoms with Crippen molar-refractivity contribution in [2.75, 3.05) is 0 Å².